The van der Waals surface area contributed by atoms with E-state index in [4.69, 9.17) is 4.55 Å². The van der Waals surface area contributed by atoms with E-state index in [-0.39, 0.29) is 5.75 Å². The van der Waals surface area contributed by atoms with Crippen molar-refractivity contribution < 1.29 is 8.76 Å². The summed E-state index contributed by atoms with van der Waals surface area (Å²) in [7, 11) is 0. The molecule has 2 aromatic heterocycles. The molecule has 1 unspecified atom stereocenters. The molecular formula is C15H13N3O2S. The van der Waals surface area contributed by atoms with Crippen molar-refractivity contribution in [1.29, 1.82) is 0 Å². The van der Waals surface area contributed by atoms with Crippen LogP contribution in [0.2, 0.25) is 0 Å². The molecule has 1 N–H and O–H groups in total. The van der Waals surface area contributed by atoms with Crippen molar-refractivity contribution in [3.63, 3.8) is 0 Å². The molecule has 0 amide bonds. The van der Waals surface area contributed by atoms with E-state index in [9.17, 15) is 4.21 Å². The first-order valence-electron chi connectivity index (χ1n) is 6.34. The Balaban J connectivity index is 1.95. The van der Waals surface area contributed by atoms with Crippen LogP contribution in [0.25, 0.3) is 17.1 Å². The predicted octanol–water partition coefficient (Wildman–Crippen LogP) is 2.66. The van der Waals surface area contributed by atoms with Gasteiger partial charge in [0.2, 0.25) is 0 Å². The van der Waals surface area contributed by atoms with Crippen LogP contribution < -0.4 is 0 Å². The van der Waals surface area contributed by atoms with Gasteiger partial charge in [0.1, 0.15) is 12.1 Å². The standard InChI is InChI=1S/C15H13N3O2S/c19-21(20)10-12-6-7-15(17-8-12)18-11-16-9-14(18)13-4-2-1-3-5-13/h1-9,11H,10H2,(H,19,20). The molecule has 2 heterocycles. The van der Waals surface area contributed by atoms with Crippen molar-refractivity contribution in [1.82, 2.24) is 14.5 Å². The van der Waals surface area contributed by atoms with E-state index in [0.717, 1.165) is 22.6 Å². The van der Waals surface area contributed by atoms with E-state index in [2.05, 4.69) is 9.97 Å². The maximum Gasteiger partial charge on any atom is 0.157 e. The van der Waals surface area contributed by atoms with Gasteiger partial charge in [-0.05, 0) is 11.6 Å². The van der Waals surface area contributed by atoms with Gasteiger partial charge in [0.25, 0.3) is 0 Å². The monoisotopic (exact) mass is 299 g/mol. The lowest BCUT2D eigenvalue weighted by molar-refractivity contribution is 0.563. The Morgan fingerprint density at radius 2 is 1.90 bits per heavy atom. The van der Waals surface area contributed by atoms with E-state index in [0.29, 0.717) is 0 Å². The molecule has 0 saturated heterocycles. The number of hydrogen-bond donors (Lipinski definition) is 1. The molecule has 0 radical (unpaired) electrons. The molecule has 0 spiro atoms. The minimum absolute atomic E-state index is 0.0861. The molecule has 5 nitrogen and oxygen atoms in total. The second-order valence-corrected chi connectivity index (χ2v) is 5.44. The minimum atomic E-state index is -1.85. The van der Waals surface area contributed by atoms with Gasteiger partial charge in [0, 0.05) is 11.8 Å². The number of imidazole rings is 1. The molecule has 106 valence electrons. The van der Waals surface area contributed by atoms with Gasteiger partial charge in [0.05, 0.1) is 17.6 Å². The molecule has 1 aromatic carbocycles. The fourth-order valence-corrected chi connectivity index (χ4v) is 2.54. The zero-order valence-electron chi connectivity index (χ0n) is 11.1. The molecular weight excluding hydrogens is 286 g/mol. The van der Waals surface area contributed by atoms with Crippen LogP contribution in [0.5, 0.6) is 0 Å². The van der Waals surface area contributed by atoms with Gasteiger partial charge in [-0.25, -0.2) is 14.2 Å². The van der Waals surface area contributed by atoms with Gasteiger partial charge >= 0.3 is 0 Å². The lowest BCUT2D eigenvalue weighted by Crippen LogP contribution is -2.00. The molecule has 21 heavy (non-hydrogen) atoms. The number of rotatable bonds is 4. The summed E-state index contributed by atoms with van der Waals surface area (Å²) in [5.74, 6) is 0.807. The lowest BCUT2D eigenvalue weighted by atomic mass is 10.2. The van der Waals surface area contributed by atoms with Crippen molar-refractivity contribution >= 4 is 11.1 Å². The van der Waals surface area contributed by atoms with Crippen LogP contribution in [0.1, 0.15) is 5.56 Å². The fourth-order valence-electron chi connectivity index (χ4n) is 2.09. The maximum atomic E-state index is 10.8. The van der Waals surface area contributed by atoms with Crippen LogP contribution in [0.3, 0.4) is 0 Å². The topological polar surface area (TPSA) is 68.0 Å². The Kier molecular flexibility index (Phi) is 3.89. The molecule has 3 rings (SSSR count). The summed E-state index contributed by atoms with van der Waals surface area (Å²) < 4.78 is 21.6. The van der Waals surface area contributed by atoms with Crippen LogP contribution >= 0.6 is 0 Å². The second kappa shape index (κ2) is 5.99. The smallest absolute Gasteiger partial charge is 0.157 e. The van der Waals surface area contributed by atoms with Crippen LogP contribution in [-0.4, -0.2) is 23.3 Å². The first-order chi connectivity index (χ1) is 10.2. The Bertz CT molecular complexity index is 754. The summed E-state index contributed by atoms with van der Waals surface area (Å²) in [6.45, 7) is 0. The highest BCUT2D eigenvalue weighted by molar-refractivity contribution is 7.78. The Labute approximate surface area is 124 Å². The lowest BCUT2D eigenvalue weighted by Gasteiger charge is -2.08. The highest BCUT2D eigenvalue weighted by Crippen LogP contribution is 2.21. The van der Waals surface area contributed by atoms with Crippen LogP contribution in [0.15, 0.2) is 61.2 Å². The van der Waals surface area contributed by atoms with E-state index in [1.807, 2.05) is 41.0 Å². The van der Waals surface area contributed by atoms with Crippen molar-refractivity contribution in [2.24, 2.45) is 0 Å². The predicted molar refractivity (Wildman–Crippen MR) is 81.3 cm³/mol. The Morgan fingerprint density at radius 1 is 1.10 bits per heavy atom. The van der Waals surface area contributed by atoms with Crippen molar-refractivity contribution in [3.05, 3.63) is 66.7 Å². The third kappa shape index (κ3) is 3.07. The van der Waals surface area contributed by atoms with Crippen molar-refractivity contribution in [2.75, 3.05) is 0 Å². The van der Waals surface area contributed by atoms with Gasteiger partial charge in [0.15, 0.2) is 11.1 Å². The van der Waals surface area contributed by atoms with Crippen molar-refractivity contribution in [3.8, 4) is 17.1 Å². The second-order valence-electron chi connectivity index (χ2n) is 4.51. The number of pyridine rings is 1. The van der Waals surface area contributed by atoms with E-state index >= 15 is 0 Å². The largest absolute Gasteiger partial charge is 0.306 e. The van der Waals surface area contributed by atoms with E-state index < -0.39 is 11.1 Å². The summed E-state index contributed by atoms with van der Waals surface area (Å²) in [5.41, 5.74) is 2.72. The summed E-state index contributed by atoms with van der Waals surface area (Å²) in [5, 5.41) is 0. The summed E-state index contributed by atoms with van der Waals surface area (Å²) in [4.78, 5) is 8.52. The summed E-state index contributed by atoms with van der Waals surface area (Å²) in [6.07, 6.45) is 5.10. The van der Waals surface area contributed by atoms with E-state index in [1.54, 1.807) is 24.8 Å². The minimum Gasteiger partial charge on any atom is -0.306 e. The number of hydrogen-bond acceptors (Lipinski definition) is 3. The average molecular weight is 299 g/mol. The van der Waals surface area contributed by atoms with Crippen LogP contribution in [0.4, 0.5) is 0 Å². The first-order valence-corrected chi connectivity index (χ1v) is 7.62. The third-order valence-electron chi connectivity index (χ3n) is 3.05. The Morgan fingerprint density at radius 3 is 2.57 bits per heavy atom. The Hall–Kier alpha value is -2.31. The van der Waals surface area contributed by atoms with Crippen LogP contribution in [-0.2, 0) is 16.8 Å². The normalized spacial score (nSPS) is 12.2. The maximum absolute atomic E-state index is 10.8. The summed E-state index contributed by atoms with van der Waals surface area (Å²) in [6, 6.07) is 13.5. The third-order valence-corrected chi connectivity index (χ3v) is 3.63. The molecule has 0 aliphatic carbocycles. The molecule has 0 bridgehead atoms. The molecule has 3 aromatic rings. The van der Waals surface area contributed by atoms with Gasteiger partial charge in [-0.1, -0.05) is 36.4 Å². The van der Waals surface area contributed by atoms with Gasteiger partial charge in [-0.2, -0.15) is 0 Å². The molecule has 6 heteroatoms. The number of nitrogens with zero attached hydrogens (tertiary/aromatic N) is 3. The number of benzene rings is 1. The molecule has 0 fully saturated rings. The zero-order chi connectivity index (χ0) is 14.7. The van der Waals surface area contributed by atoms with Gasteiger partial charge in [-0.3, -0.25) is 4.57 Å². The molecule has 0 aliphatic rings. The van der Waals surface area contributed by atoms with Crippen molar-refractivity contribution in [2.45, 2.75) is 5.75 Å². The van der Waals surface area contributed by atoms with E-state index in [1.165, 1.54) is 0 Å². The highest BCUT2D eigenvalue weighted by Gasteiger charge is 2.08. The quantitative estimate of drug-likeness (QED) is 0.752. The van der Waals surface area contributed by atoms with Gasteiger partial charge < -0.3 is 4.55 Å². The van der Waals surface area contributed by atoms with Gasteiger partial charge in [-0.15, -0.1) is 0 Å². The molecule has 0 aliphatic heterocycles. The fraction of sp³-hybridized carbons (Fsp3) is 0.0667. The van der Waals surface area contributed by atoms with Crippen LogP contribution in [0, 0.1) is 0 Å². The SMILES string of the molecule is O=S(O)Cc1ccc(-n2cncc2-c2ccccc2)nc1. The molecule has 0 saturated carbocycles. The molecule has 1 atom stereocenters. The number of aromatic nitrogens is 3. The summed E-state index contributed by atoms with van der Waals surface area (Å²) >= 11 is -1.85. The first kappa shape index (κ1) is 13.7. The zero-order valence-corrected chi connectivity index (χ0v) is 11.9. The average Bonchev–Trinajstić information content (AvgIpc) is 2.98. The highest BCUT2D eigenvalue weighted by atomic mass is 32.2.